The van der Waals surface area contributed by atoms with Crippen LogP contribution in [0.25, 0.3) is 0 Å². The number of aryl methyl sites for hydroxylation is 1. The first-order chi connectivity index (χ1) is 24.5. The molecule has 9 nitrogen and oxygen atoms in total. The number of anilines is 1. The highest BCUT2D eigenvalue weighted by Gasteiger charge is 2.48. The van der Waals surface area contributed by atoms with Crippen LogP contribution >= 0.6 is 11.6 Å². The first-order valence-corrected chi connectivity index (χ1v) is 20.3. The number of carbonyl (C=O) groups excluding carboxylic acids is 2. The minimum absolute atomic E-state index is 0.000742. The van der Waals surface area contributed by atoms with Gasteiger partial charge in [0.25, 0.3) is 5.91 Å². The summed E-state index contributed by atoms with van der Waals surface area (Å²) in [5.41, 5.74) is 2.71. The van der Waals surface area contributed by atoms with Gasteiger partial charge in [0, 0.05) is 49.2 Å². The van der Waals surface area contributed by atoms with E-state index in [0.717, 1.165) is 49.2 Å². The number of nitrogens with one attached hydrogen (secondary N) is 1. The number of terminal acetylenes is 1. The Morgan fingerprint density at radius 2 is 1.94 bits per heavy atom. The number of fused-ring (bicyclic) bond motifs is 2. The average molecular weight is 737 g/mol. The van der Waals surface area contributed by atoms with Gasteiger partial charge in [-0.3, -0.25) is 19.2 Å². The number of piperazine rings is 1. The van der Waals surface area contributed by atoms with E-state index in [4.69, 9.17) is 22.8 Å². The molecule has 51 heavy (non-hydrogen) atoms. The van der Waals surface area contributed by atoms with Crippen LogP contribution in [0.15, 0.2) is 36.4 Å². The predicted octanol–water partition coefficient (Wildman–Crippen LogP) is 5.41. The maximum Gasteiger partial charge on any atom is 0.263 e. The van der Waals surface area contributed by atoms with Gasteiger partial charge in [0.05, 0.1) is 36.2 Å². The molecular weight excluding hydrogens is 684 g/mol. The monoisotopic (exact) mass is 736 g/mol. The Kier molecular flexibility index (Phi) is 12.0. The zero-order valence-corrected chi connectivity index (χ0v) is 31.8. The van der Waals surface area contributed by atoms with Crippen LogP contribution in [0.1, 0.15) is 86.7 Å². The number of carbonyl (C=O) groups is 2. The van der Waals surface area contributed by atoms with Gasteiger partial charge >= 0.3 is 0 Å². The fourth-order valence-corrected chi connectivity index (χ4v) is 9.83. The van der Waals surface area contributed by atoms with Gasteiger partial charge in [0.2, 0.25) is 5.91 Å². The molecule has 2 aromatic carbocycles. The molecule has 1 saturated carbocycles. The zero-order chi connectivity index (χ0) is 36.3. The van der Waals surface area contributed by atoms with Crippen LogP contribution in [-0.2, 0) is 22.2 Å². The lowest BCUT2D eigenvalue weighted by Crippen LogP contribution is -2.59. The first-order valence-electron chi connectivity index (χ1n) is 18.7. The summed E-state index contributed by atoms with van der Waals surface area (Å²) in [6.45, 7) is 10.2. The topological polar surface area (TPSA) is 102 Å². The number of hydrogen-bond donors (Lipinski definition) is 2. The highest BCUT2D eigenvalue weighted by Crippen LogP contribution is 2.47. The lowest BCUT2D eigenvalue weighted by atomic mass is 9.62. The first kappa shape index (κ1) is 37.7. The lowest BCUT2D eigenvalue weighted by molar-refractivity contribution is -0.141. The normalized spacial score (nSPS) is 30.7. The Bertz CT molecular complexity index is 1670. The van der Waals surface area contributed by atoms with Crippen molar-refractivity contribution in [2.45, 2.75) is 82.5 Å². The molecule has 3 heterocycles. The number of benzene rings is 2. The molecule has 1 saturated heterocycles. The van der Waals surface area contributed by atoms with Crippen molar-refractivity contribution in [2.75, 3.05) is 57.3 Å². The molecule has 1 aliphatic carbocycles. The maximum absolute atomic E-state index is 13.5. The molecule has 0 spiro atoms. The van der Waals surface area contributed by atoms with E-state index >= 15 is 0 Å². The minimum atomic E-state index is -1.59. The van der Waals surface area contributed by atoms with E-state index in [9.17, 15) is 18.9 Å². The third kappa shape index (κ3) is 8.43. The molecule has 0 aromatic heterocycles. The van der Waals surface area contributed by atoms with E-state index in [1.165, 1.54) is 11.1 Å². The molecular formula is C40H53ClN4O5S. The van der Waals surface area contributed by atoms with E-state index in [1.54, 1.807) is 11.0 Å². The number of halogens is 1. The van der Waals surface area contributed by atoms with Crippen LogP contribution in [0.4, 0.5) is 5.69 Å². The second kappa shape index (κ2) is 16.3. The van der Waals surface area contributed by atoms with Crippen molar-refractivity contribution in [3.05, 3.63) is 58.1 Å². The number of β-amino-alcohol motifs (C(OH)–C–C–N with tert-alkyl or cyclic N) is 1. The van der Waals surface area contributed by atoms with E-state index in [1.807, 2.05) is 25.1 Å². The quantitative estimate of drug-likeness (QED) is 0.383. The molecule has 2 bridgehead atoms. The zero-order valence-electron chi connectivity index (χ0n) is 30.2. The molecule has 2 amide bonds. The number of nitrogens with zero attached hydrogens (tertiary/aromatic N) is 3. The van der Waals surface area contributed by atoms with Crippen molar-refractivity contribution in [1.29, 1.82) is 0 Å². The third-order valence-corrected chi connectivity index (χ3v) is 13.6. The van der Waals surface area contributed by atoms with Crippen molar-refractivity contribution >= 4 is 40.1 Å². The Hall–Kier alpha value is -3.10. The van der Waals surface area contributed by atoms with E-state index in [2.05, 4.69) is 46.4 Å². The SMILES string of the molecule is C#CCN1CCN(C[C@]2(O)CCCC(C)C(C)S(=O)NC(=O)c3ccc4c(c3)N(CC(c3ccc(Cl)cc3CCC)CO4)CC3CCC32)CC1=O. The minimum Gasteiger partial charge on any atom is -0.491 e. The van der Waals surface area contributed by atoms with Gasteiger partial charge in [0.1, 0.15) is 16.7 Å². The van der Waals surface area contributed by atoms with Crippen molar-refractivity contribution in [3.8, 4) is 18.1 Å². The van der Waals surface area contributed by atoms with Gasteiger partial charge in [-0.05, 0) is 98.2 Å². The van der Waals surface area contributed by atoms with Gasteiger partial charge in [0.15, 0.2) is 0 Å². The molecule has 4 aliphatic rings. The molecule has 3 aliphatic heterocycles. The Balaban J connectivity index is 1.35. The summed E-state index contributed by atoms with van der Waals surface area (Å²) < 4.78 is 22.7. The highest BCUT2D eigenvalue weighted by molar-refractivity contribution is 7.84. The van der Waals surface area contributed by atoms with Gasteiger partial charge in [-0.15, -0.1) is 6.42 Å². The average Bonchev–Trinajstić information content (AvgIpc) is 3.26. The summed E-state index contributed by atoms with van der Waals surface area (Å²) in [5, 5.41) is 13.2. The summed E-state index contributed by atoms with van der Waals surface area (Å²) in [7, 11) is -1.59. The molecule has 7 atom stereocenters. The Labute approximate surface area is 311 Å². The molecule has 2 N–H and O–H groups in total. The summed E-state index contributed by atoms with van der Waals surface area (Å²) in [6.07, 6.45) is 11.4. The second-order valence-electron chi connectivity index (χ2n) is 15.3. The van der Waals surface area contributed by atoms with Crippen LogP contribution < -0.4 is 14.4 Å². The fourth-order valence-electron chi connectivity index (χ4n) is 8.59. The van der Waals surface area contributed by atoms with E-state index < -0.39 is 16.6 Å². The maximum atomic E-state index is 13.5. The lowest BCUT2D eigenvalue weighted by Gasteiger charge is -2.51. The van der Waals surface area contributed by atoms with Gasteiger partial charge in [-0.2, -0.15) is 0 Å². The fraction of sp³-hybridized carbons (Fsp3) is 0.600. The molecule has 2 fully saturated rings. The van der Waals surface area contributed by atoms with Crippen molar-refractivity contribution in [1.82, 2.24) is 14.5 Å². The van der Waals surface area contributed by atoms with Crippen LogP contribution in [-0.4, -0.2) is 94.2 Å². The van der Waals surface area contributed by atoms with E-state index in [0.29, 0.717) is 63.6 Å². The number of aliphatic hydroxyl groups is 1. The van der Waals surface area contributed by atoms with Crippen LogP contribution in [0.2, 0.25) is 5.02 Å². The molecule has 6 rings (SSSR count). The number of ether oxygens (including phenoxy) is 1. The summed E-state index contributed by atoms with van der Waals surface area (Å²) in [5.74, 6) is 3.29. The van der Waals surface area contributed by atoms with Crippen molar-refractivity contribution in [2.24, 2.45) is 17.8 Å². The van der Waals surface area contributed by atoms with Gasteiger partial charge in [-0.1, -0.05) is 50.3 Å². The summed E-state index contributed by atoms with van der Waals surface area (Å²) >= 11 is 6.46. The number of amides is 2. The van der Waals surface area contributed by atoms with Crippen molar-refractivity contribution in [3.63, 3.8) is 0 Å². The predicted molar refractivity (Wildman–Crippen MR) is 203 cm³/mol. The molecule has 276 valence electrons. The molecule has 0 radical (unpaired) electrons. The summed E-state index contributed by atoms with van der Waals surface area (Å²) in [6, 6.07) is 11.6. The largest absolute Gasteiger partial charge is 0.491 e. The Morgan fingerprint density at radius 3 is 2.67 bits per heavy atom. The second-order valence-corrected chi connectivity index (χ2v) is 17.2. The Morgan fingerprint density at radius 1 is 1.12 bits per heavy atom. The van der Waals surface area contributed by atoms with Crippen LogP contribution in [0.3, 0.4) is 0 Å². The number of rotatable bonds is 6. The smallest absolute Gasteiger partial charge is 0.263 e. The molecule has 2 aromatic rings. The standard InChI is InChI=1S/C40H53ClN4O5S/c1-5-8-29-20-33(41)12-13-34(29)32-23-45-22-31-10-14-35(31)40(48,26-43-18-19-44(17-6-2)38(46)24-43)16-7-9-27(3)28(4)51(49)42-39(47)30-11-15-37(50-25-32)36(45)21-30/h2,11-13,15,20-21,27-28,31-32,35,48H,5,7-10,14,16-19,22-26H2,1,3-4H3,(H,42,47)/t27?,28?,31?,32?,35?,40-,51?/m1/s1. The summed E-state index contributed by atoms with van der Waals surface area (Å²) in [4.78, 5) is 32.6. The van der Waals surface area contributed by atoms with E-state index in [-0.39, 0.29) is 47.3 Å². The third-order valence-electron chi connectivity index (χ3n) is 11.8. The molecule has 11 heteroatoms. The van der Waals surface area contributed by atoms with Crippen molar-refractivity contribution < 1.29 is 23.6 Å². The molecule has 6 unspecified atom stereocenters. The van der Waals surface area contributed by atoms with Crippen LogP contribution in [0.5, 0.6) is 5.75 Å². The highest BCUT2D eigenvalue weighted by atomic mass is 35.5. The van der Waals surface area contributed by atoms with Crippen LogP contribution in [0, 0.1) is 30.1 Å². The van der Waals surface area contributed by atoms with Gasteiger partial charge < -0.3 is 19.6 Å². The number of hydrogen-bond acceptors (Lipinski definition) is 7. The van der Waals surface area contributed by atoms with Gasteiger partial charge in [-0.25, -0.2) is 4.21 Å².